The van der Waals surface area contributed by atoms with Crippen molar-refractivity contribution >= 4 is 28.9 Å². The molecule has 0 fully saturated rings. The molecule has 0 unspecified atom stereocenters. The lowest BCUT2D eigenvalue weighted by molar-refractivity contribution is 0.0953. The number of carbonyl (C=O) groups excluding carboxylic acids is 1. The van der Waals surface area contributed by atoms with Gasteiger partial charge < -0.3 is 5.32 Å². The van der Waals surface area contributed by atoms with Gasteiger partial charge in [-0.25, -0.2) is 9.07 Å². The SMILES string of the molecule is C[C@H]1CC(=O)c2c(Nc3ccc(Cl)cc3)nn(-c3ccc(F)cc3)c2C1. The molecule has 0 spiro atoms. The molecule has 4 rings (SSSR count). The molecule has 1 aromatic heterocycles. The van der Waals surface area contributed by atoms with E-state index in [9.17, 15) is 9.18 Å². The van der Waals surface area contributed by atoms with Crippen molar-refractivity contribution < 1.29 is 9.18 Å². The van der Waals surface area contributed by atoms with Crippen LogP contribution in [-0.4, -0.2) is 15.6 Å². The third kappa shape index (κ3) is 3.10. The van der Waals surface area contributed by atoms with Gasteiger partial charge in [0.05, 0.1) is 16.9 Å². The predicted molar refractivity (Wildman–Crippen MR) is 100 cm³/mol. The van der Waals surface area contributed by atoms with E-state index in [1.807, 2.05) is 12.1 Å². The van der Waals surface area contributed by atoms with Gasteiger partial charge in [-0.3, -0.25) is 4.79 Å². The summed E-state index contributed by atoms with van der Waals surface area (Å²) >= 11 is 5.93. The number of hydrogen-bond acceptors (Lipinski definition) is 3. The van der Waals surface area contributed by atoms with Gasteiger partial charge in [0.15, 0.2) is 11.6 Å². The second kappa shape index (κ2) is 6.57. The van der Waals surface area contributed by atoms with E-state index in [-0.39, 0.29) is 17.5 Å². The number of nitrogens with one attached hydrogen (secondary N) is 1. The lowest BCUT2D eigenvalue weighted by Crippen LogP contribution is -2.19. The normalized spacial score (nSPS) is 16.4. The molecule has 1 N–H and O–H groups in total. The summed E-state index contributed by atoms with van der Waals surface area (Å²) in [5, 5.41) is 8.48. The van der Waals surface area contributed by atoms with Crippen molar-refractivity contribution in [2.75, 3.05) is 5.32 Å². The number of halogens is 2. The molecule has 0 aliphatic heterocycles. The molecule has 0 amide bonds. The van der Waals surface area contributed by atoms with Crippen LogP contribution < -0.4 is 5.32 Å². The molecule has 4 nitrogen and oxygen atoms in total. The number of Topliss-reactive ketones (excluding diaryl/α,β-unsaturated/α-hetero) is 1. The number of aromatic nitrogens is 2. The average molecular weight is 370 g/mol. The van der Waals surface area contributed by atoms with Gasteiger partial charge >= 0.3 is 0 Å². The number of fused-ring (bicyclic) bond motifs is 1. The van der Waals surface area contributed by atoms with E-state index in [4.69, 9.17) is 11.6 Å². The lowest BCUT2D eigenvalue weighted by Gasteiger charge is -2.19. The summed E-state index contributed by atoms with van der Waals surface area (Å²) in [7, 11) is 0. The molecular formula is C20H17ClFN3O. The van der Waals surface area contributed by atoms with E-state index in [2.05, 4.69) is 17.3 Å². The molecule has 0 bridgehead atoms. The fraction of sp³-hybridized carbons (Fsp3) is 0.200. The maximum atomic E-state index is 13.3. The van der Waals surface area contributed by atoms with Crippen molar-refractivity contribution in [1.82, 2.24) is 9.78 Å². The van der Waals surface area contributed by atoms with Gasteiger partial charge in [0.25, 0.3) is 0 Å². The molecule has 6 heteroatoms. The van der Waals surface area contributed by atoms with E-state index >= 15 is 0 Å². The molecule has 3 aromatic rings. The standard InChI is InChI=1S/C20H17ClFN3O/c1-12-10-17-19(18(26)11-12)20(23-15-6-2-13(21)3-7-15)24-25(17)16-8-4-14(22)5-9-16/h2-9,12H,10-11H2,1H3,(H,23,24)/t12-/m1/s1. The topological polar surface area (TPSA) is 46.9 Å². The molecule has 0 radical (unpaired) electrons. The maximum Gasteiger partial charge on any atom is 0.168 e. The first-order chi connectivity index (χ1) is 12.5. The average Bonchev–Trinajstić information content (AvgIpc) is 2.96. The van der Waals surface area contributed by atoms with E-state index in [0.29, 0.717) is 22.8 Å². The fourth-order valence-electron chi connectivity index (χ4n) is 3.31. The second-order valence-electron chi connectivity index (χ2n) is 6.63. The minimum atomic E-state index is -0.307. The van der Waals surface area contributed by atoms with Gasteiger partial charge in [-0.15, -0.1) is 5.10 Å². The third-order valence-electron chi connectivity index (χ3n) is 4.51. The molecule has 1 heterocycles. The summed E-state index contributed by atoms with van der Waals surface area (Å²) in [5.74, 6) is 0.528. The first-order valence-electron chi connectivity index (χ1n) is 8.45. The largest absolute Gasteiger partial charge is 0.338 e. The Labute approximate surface area is 155 Å². The number of rotatable bonds is 3. The molecule has 1 aliphatic carbocycles. The molecule has 2 aromatic carbocycles. The zero-order valence-corrected chi connectivity index (χ0v) is 14.9. The van der Waals surface area contributed by atoms with Gasteiger partial charge in [0.1, 0.15) is 5.82 Å². The summed E-state index contributed by atoms with van der Waals surface area (Å²) in [6.07, 6.45) is 1.24. The number of hydrogen-bond donors (Lipinski definition) is 1. The Balaban J connectivity index is 1.81. The molecule has 0 saturated carbocycles. The van der Waals surface area contributed by atoms with Gasteiger partial charge in [0, 0.05) is 17.1 Å². The van der Waals surface area contributed by atoms with Gasteiger partial charge in [-0.05, 0) is 60.9 Å². The smallest absolute Gasteiger partial charge is 0.168 e. The summed E-state index contributed by atoms with van der Waals surface area (Å²) in [5.41, 5.74) is 3.00. The Morgan fingerprint density at radius 2 is 1.81 bits per heavy atom. The van der Waals surface area contributed by atoms with Crippen LogP contribution in [0.3, 0.4) is 0 Å². The number of carbonyl (C=O) groups is 1. The van der Waals surface area contributed by atoms with E-state index in [0.717, 1.165) is 23.5 Å². The maximum absolute atomic E-state index is 13.3. The van der Waals surface area contributed by atoms with E-state index < -0.39 is 0 Å². The van der Waals surface area contributed by atoms with Crippen LogP contribution in [-0.2, 0) is 6.42 Å². The predicted octanol–water partition coefficient (Wildman–Crippen LogP) is 5.17. The second-order valence-corrected chi connectivity index (χ2v) is 7.06. The number of anilines is 2. The van der Waals surface area contributed by atoms with Crippen LogP contribution in [0.4, 0.5) is 15.9 Å². The van der Waals surface area contributed by atoms with Crippen LogP contribution in [0.25, 0.3) is 5.69 Å². The van der Waals surface area contributed by atoms with Gasteiger partial charge in [-0.2, -0.15) is 0 Å². The highest BCUT2D eigenvalue weighted by molar-refractivity contribution is 6.30. The minimum Gasteiger partial charge on any atom is -0.338 e. The van der Waals surface area contributed by atoms with Crippen molar-refractivity contribution in [3.8, 4) is 5.69 Å². The third-order valence-corrected chi connectivity index (χ3v) is 4.77. The van der Waals surface area contributed by atoms with Gasteiger partial charge in [0.2, 0.25) is 0 Å². The Morgan fingerprint density at radius 3 is 2.50 bits per heavy atom. The van der Waals surface area contributed by atoms with Crippen molar-refractivity contribution in [1.29, 1.82) is 0 Å². The molecule has 26 heavy (non-hydrogen) atoms. The van der Waals surface area contributed by atoms with Crippen molar-refractivity contribution in [2.45, 2.75) is 19.8 Å². The fourth-order valence-corrected chi connectivity index (χ4v) is 3.43. The molecule has 1 atom stereocenters. The zero-order valence-electron chi connectivity index (χ0n) is 14.2. The summed E-state index contributed by atoms with van der Waals surface area (Å²) in [6.45, 7) is 2.05. The van der Waals surface area contributed by atoms with Gasteiger partial charge in [-0.1, -0.05) is 18.5 Å². The van der Waals surface area contributed by atoms with Crippen LogP contribution in [0.5, 0.6) is 0 Å². The van der Waals surface area contributed by atoms with Crippen LogP contribution in [0.15, 0.2) is 48.5 Å². The highest BCUT2D eigenvalue weighted by atomic mass is 35.5. The lowest BCUT2D eigenvalue weighted by atomic mass is 9.87. The monoisotopic (exact) mass is 369 g/mol. The zero-order chi connectivity index (χ0) is 18.3. The first kappa shape index (κ1) is 16.8. The molecule has 132 valence electrons. The van der Waals surface area contributed by atoms with Crippen molar-refractivity contribution in [2.24, 2.45) is 5.92 Å². The number of benzene rings is 2. The molecule has 1 aliphatic rings. The van der Waals surface area contributed by atoms with Crippen LogP contribution in [0.2, 0.25) is 5.02 Å². The van der Waals surface area contributed by atoms with E-state index in [1.165, 1.54) is 12.1 Å². The van der Waals surface area contributed by atoms with Crippen molar-refractivity contribution in [3.05, 3.63) is 70.6 Å². The summed E-state index contributed by atoms with van der Waals surface area (Å²) < 4.78 is 15.0. The quantitative estimate of drug-likeness (QED) is 0.692. The Bertz CT molecular complexity index is 964. The van der Waals surface area contributed by atoms with Crippen LogP contribution in [0, 0.1) is 11.7 Å². The number of nitrogens with zero attached hydrogens (tertiary/aromatic N) is 2. The molecular weight excluding hydrogens is 353 g/mol. The minimum absolute atomic E-state index is 0.0728. The molecule has 0 saturated heterocycles. The Morgan fingerprint density at radius 1 is 1.12 bits per heavy atom. The van der Waals surface area contributed by atoms with Crippen LogP contribution in [0.1, 0.15) is 29.4 Å². The van der Waals surface area contributed by atoms with Crippen LogP contribution >= 0.6 is 11.6 Å². The van der Waals surface area contributed by atoms with Crippen molar-refractivity contribution in [3.63, 3.8) is 0 Å². The number of ketones is 1. The van der Waals surface area contributed by atoms with E-state index in [1.54, 1.807) is 28.9 Å². The summed E-state index contributed by atoms with van der Waals surface area (Å²) in [6, 6.07) is 13.3. The Hall–Kier alpha value is -2.66. The first-order valence-corrected chi connectivity index (χ1v) is 8.82. The Kier molecular flexibility index (Phi) is 4.24. The highest BCUT2D eigenvalue weighted by Crippen LogP contribution is 2.34. The summed E-state index contributed by atoms with van der Waals surface area (Å²) in [4.78, 5) is 12.7. The highest BCUT2D eigenvalue weighted by Gasteiger charge is 2.31.